The molecule has 0 amide bonds. The highest BCUT2D eigenvalue weighted by Crippen LogP contribution is 2.23. The van der Waals surface area contributed by atoms with Gasteiger partial charge in [-0.25, -0.2) is 4.39 Å². The lowest BCUT2D eigenvalue weighted by Crippen LogP contribution is -2.13. The lowest BCUT2D eigenvalue weighted by molar-refractivity contribution is 0.305. The summed E-state index contributed by atoms with van der Waals surface area (Å²) in [6.07, 6.45) is 0.814. The van der Waals surface area contributed by atoms with Crippen LogP contribution >= 0.6 is 23.8 Å². The maximum atomic E-state index is 13.4. The number of halogens is 2. The second-order valence-electron chi connectivity index (χ2n) is 4.56. The minimum Gasteiger partial charge on any atom is -0.489 e. The largest absolute Gasteiger partial charge is 0.489 e. The molecule has 0 saturated heterocycles. The van der Waals surface area contributed by atoms with E-state index in [0.29, 0.717) is 21.9 Å². The second kappa shape index (κ2) is 6.87. The van der Waals surface area contributed by atoms with Crippen molar-refractivity contribution in [3.05, 3.63) is 63.9 Å². The van der Waals surface area contributed by atoms with Gasteiger partial charge in [0.05, 0.1) is 0 Å². The van der Waals surface area contributed by atoms with E-state index in [0.717, 1.165) is 12.0 Å². The average molecular weight is 324 g/mol. The van der Waals surface area contributed by atoms with Crippen LogP contribution in [0.1, 0.15) is 23.6 Å². The second-order valence-corrected chi connectivity index (χ2v) is 5.41. The molecule has 0 bridgehead atoms. The minimum atomic E-state index is -0.348. The predicted octanol–water partition coefficient (Wildman–Crippen LogP) is 4.25. The van der Waals surface area contributed by atoms with Gasteiger partial charge in [0.15, 0.2) is 0 Å². The Morgan fingerprint density at radius 1 is 1.24 bits per heavy atom. The highest BCUT2D eigenvalue weighted by molar-refractivity contribution is 7.80. The summed E-state index contributed by atoms with van der Waals surface area (Å²) in [6.45, 7) is 2.21. The smallest absolute Gasteiger partial charge is 0.123 e. The van der Waals surface area contributed by atoms with Crippen LogP contribution in [0, 0.1) is 5.82 Å². The van der Waals surface area contributed by atoms with Crippen LogP contribution in [0.3, 0.4) is 0 Å². The SMILES string of the molecule is CCc1cc(OCc2cc(F)ccc2C(N)=S)ccc1Cl. The van der Waals surface area contributed by atoms with Gasteiger partial charge in [-0.2, -0.15) is 0 Å². The lowest BCUT2D eigenvalue weighted by atomic mass is 10.1. The fourth-order valence-electron chi connectivity index (χ4n) is 2.00. The summed E-state index contributed by atoms with van der Waals surface area (Å²) < 4.78 is 19.0. The fraction of sp³-hybridized carbons (Fsp3) is 0.188. The molecule has 0 radical (unpaired) electrons. The Bertz CT molecular complexity index is 675. The molecule has 2 N–H and O–H groups in total. The third-order valence-electron chi connectivity index (χ3n) is 3.13. The molecule has 0 heterocycles. The van der Waals surface area contributed by atoms with Gasteiger partial charge >= 0.3 is 0 Å². The van der Waals surface area contributed by atoms with Crippen LogP contribution in [0.5, 0.6) is 5.75 Å². The molecule has 0 aliphatic heterocycles. The van der Waals surface area contributed by atoms with Crippen LogP contribution in [0.4, 0.5) is 4.39 Å². The summed E-state index contributed by atoms with van der Waals surface area (Å²) in [7, 11) is 0. The van der Waals surface area contributed by atoms with Crippen molar-refractivity contribution in [2.24, 2.45) is 5.73 Å². The molecule has 2 aromatic rings. The number of benzene rings is 2. The van der Waals surface area contributed by atoms with Gasteiger partial charge in [0.2, 0.25) is 0 Å². The summed E-state index contributed by atoms with van der Waals surface area (Å²) in [5.74, 6) is 0.327. The molecule has 0 aliphatic rings. The monoisotopic (exact) mass is 323 g/mol. The van der Waals surface area contributed by atoms with Gasteiger partial charge in [-0.1, -0.05) is 30.7 Å². The molecule has 2 aromatic carbocycles. The van der Waals surface area contributed by atoms with E-state index in [1.807, 2.05) is 13.0 Å². The first-order valence-electron chi connectivity index (χ1n) is 6.50. The van der Waals surface area contributed by atoms with Gasteiger partial charge in [0.1, 0.15) is 23.2 Å². The average Bonchev–Trinajstić information content (AvgIpc) is 2.46. The molecule has 110 valence electrons. The number of aryl methyl sites for hydroxylation is 1. The lowest BCUT2D eigenvalue weighted by Gasteiger charge is -2.12. The van der Waals surface area contributed by atoms with Crippen molar-refractivity contribution in [3.63, 3.8) is 0 Å². The quantitative estimate of drug-likeness (QED) is 0.835. The molecule has 0 aliphatic carbocycles. The molecular weight excluding hydrogens is 309 g/mol. The zero-order valence-electron chi connectivity index (χ0n) is 11.5. The summed E-state index contributed by atoms with van der Waals surface area (Å²) in [6, 6.07) is 9.72. The van der Waals surface area contributed by atoms with E-state index < -0.39 is 0 Å². The first-order chi connectivity index (χ1) is 10.0. The molecule has 0 spiro atoms. The highest BCUT2D eigenvalue weighted by Gasteiger charge is 2.08. The number of ether oxygens (including phenoxy) is 1. The van der Waals surface area contributed by atoms with Crippen molar-refractivity contribution in [1.82, 2.24) is 0 Å². The maximum absolute atomic E-state index is 13.4. The minimum absolute atomic E-state index is 0.190. The summed E-state index contributed by atoms with van der Waals surface area (Å²) in [5.41, 5.74) is 7.88. The zero-order valence-corrected chi connectivity index (χ0v) is 13.1. The Morgan fingerprint density at radius 2 is 2.00 bits per heavy atom. The summed E-state index contributed by atoms with van der Waals surface area (Å²) in [4.78, 5) is 0.221. The molecule has 0 aromatic heterocycles. The highest BCUT2D eigenvalue weighted by atomic mass is 35.5. The van der Waals surface area contributed by atoms with Crippen LogP contribution in [0.25, 0.3) is 0 Å². The summed E-state index contributed by atoms with van der Waals surface area (Å²) in [5, 5.41) is 0.708. The van der Waals surface area contributed by atoms with Gasteiger partial charge in [-0.05, 0) is 48.4 Å². The van der Waals surface area contributed by atoms with E-state index >= 15 is 0 Å². The third kappa shape index (κ3) is 3.93. The molecule has 0 atom stereocenters. The Hall–Kier alpha value is -1.65. The number of rotatable bonds is 5. The third-order valence-corrected chi connectivity index (χ3v) is 3.71. The van der Waals surface area contributed by atoms with Crippen LogP contribution in [-0.2, 0) is 13.0 Å². The van der Waals surface area contributed by atoms with E-state index in [1.54, 1.807) is 18.2 Å². The normalized spacial score (nSPS) is 10.4. The Labute approximate surface area is 133 Å². The van der Waals surface area contributed by atoms with E-state index in [9.17, 15) is 4.39 Å². The molecule has 2 nitrogen and oxygen atoms in total. The van der Waals surface area contributed by atoms with Gasteiger partial charge in [0, 0.05) is 16.1 Å². The van der Waals surface area contributed by atoms with Crippen molar-refractivity contribution in [2.45, 2.75) is 20.0 Å². The van der Waals surface area contributed by atoms with Crippen LogP contribution < -0.4 is 10.5 Å². The van der Waals surface area contributed by atoms with Crippen molar-refractivity contribution < 1.29 is 9.13 Å². The van der Waals surface area contributed by atoms with E-state index in [4.69, 9.17) is 34.3 Å². The van der Waals surface area contributed by atoms with E-state index in [2.05, 4.69) is 0 Å². The fourth-order valence-corrected chi connectivity index (χ4v) is 2.45. The van der Waals surface area contributed by atoms with Gasteiger partial charge in [-0.3, -0.25) is 0 Å². The predicted molar refractivity (Wildman–Crippen MR) is 87.4 cm³/mol. The Kier molecular flexibility index (Phi) is 5.15. The zero-order chi connectivity index (χ0) is 15.4. The van der Waals surface area contributed by atoms with E-state index in [1.165, 1.54) is 12.1 Å². The Morgan fingerprint density at radius 3 is 2.67 bits per heavy atom. The molecule has 21 heavy (non-hydrogen) atoms. The van der Waals surface area contributed by atoms with Crippen molar-refractivity contribution in [2.75, 3.05) is 0 Å². The molecule has 5 heteroatoms. The molecule has 0 saturated carbocycles. The van der Waals surface area contributed by atoms with Crippen molar-refractivity contribution >= 4 is 28.8 Å². The number of hydrogen-bond acceptors (Lipinski definition) is 2. The van der Waals surface area contributed by atoms with Crippen LogP contribution in [0.15, 0.2) is 36.4 Å². The number of hydrogen-bond donors (Lipinski definition) is 1. The van der Waals surface area contributed by atoms with Crippen LogP contribution in [0.2, 0.25) is 5.02 Å². The summed E-state index contributed by atoms with van der Waals surface area (Å²) >= 11 is 11.0. The topological polar surface area (TPSA) is 35.2 Å². The maximum Gasteiger partial charge on any atom is 0.123 e. The van der Waals surface area contributed by atoms with Crippen LogP contribution in [-0.4, -0.2) is 4.99 Å². The number of thiocarbonyl (C=S) groups is 1. The molecule has 0 fully saturated rings. The van der Waals surface area contributed by atoms with E-state index in [-0.39, 0.29) is 17.4 Å². The molecular formula is C16H15ClFNOS. The Balaban J connectivity index is 2.20. The number of nitrogens with two attached hydrogens (primary N) is 1. The molecule has 2 rings (SSSR count). The first-order valence-corrected chi connectivity index (χ1v) is 7.29. The van der Waals surface area contributed by atoms with Gasteiger partial charge < -0.3 is 10.5 Å². The van der Waals surface area contributed by atoms with Gasteiger partial charge in [-0.15, -0.1) is 0 Å². The standard InChI is InChI=1S/C16H15ClFNOS/c1-2-10-8-13(4-6-15(10)17)20-9-11-7-12(18)3-5-14(11)16(19)21/h3-8H,2,9H2,1H3,(H2,19,21). The first kappa shape index (κ1) is 15.7. The van der Waals surface area contributed by atoms with Crippen molar-refractivity contribution in [1.29, 1.82) is 0 Å². The molecule has 0 unspecified atom stereocenters. The van der Waals surface area contributed by atoms with Gasteiger partial charge in [0.25, 0.3) is 0 Å². The van der Waals surface area contributed by atoms with Crippen molar-refractivity contribution in [3.8, 4) is 5.75 Å².